The number of rotatable bonds is 4. The fourth-order valence-corrected chi connectivity index (χ4v) is 4.73. The van der Waals surface area contributed by atoms with Crippen LogP contribution in [0.25, 0.3) is 5.69 Å². The van der Waals surface area contributed by atoms with E-state index in [-0.39, 0.29) is 12.1 Å². The van der Waals surface area contributed by atoms with Crippen LogP contribution in [0.4, 0.5) is 0 Å². The molecule has 4 nitrogen and oxygen atoms in total. The Hall–Kier alpha value is -2.66. The second-order valence-corrected chi connectivity index (χ2v) is 7.75. The van der Waals surface area contributed by atoms with Crippen molar-refractivity contribution in [1.29, 1.82) is 0 Å². The zero-order chi connectivity index (χ0) is 19.8. The normalized spacial score (nSPS) is 19.1. The van der Waals surface area contributed by atoms with E-state index in [1.54, 1.807) is 0 Å². The smallest absolute Gasteiger partial charge is 0.170 e. The average molecular weight is 391 g/mol. The van der Waals surface area contributed by atoms with E-state index in [2.05, 4.69) is 83.9 Å². The summed E-state index contributed by atoms with van der Waals surface area (Å²) in [4.78, 5) is 6.89. The van der Waals surface area contributed by atoms with E-state index in [0.29, 0.717) is 0 Å². The van der Waals surface area contributed by atoms with E-state index in [1.165, 1.54) is 28.2 Å². The van der Waals surface area contributed by atoms with Gasteiger partial charge in [0.1, 0.15) is 0 Å². The molecule has 0 amide bonds. The number of hydrogen-bond acceptors (Lipinski definition) is 2. The molecule has 28 heavy (non-hydrogen) atoms. The fourth-order valence-electron chi connectivity index (χ4n) is 4.36. The molecule has 1 N–H and O–H groups in total. The number of aromatic nitrogens is 2. The quantitative estimate of drug-likeness (QED) is 0.650. The highest BCUT2D eigenvalue weighted by atomic mass is 32.1. The molecule has 0 aliphatic carbocycles. The average Bonchev–Trinajstić information content (AvgIpc) is 3.18. The van der Waals surface area contributed by atoms with E-state index >= 15 is 0 Å². The molecule has 1 saturated heterocycles. The van der Waals surface area contributed by atoms with Crippen LogP contribution in [0, 0.1) is 20.8 Å². The van der Waals surface area contributed by atoms with Gasteiger partial charge in [0.2, 0.25) is 0 Å². The zero-order valence-electron chi connectivity index (χ0n) is 16.8. The van der Waals surface area contributed by atoms with Gasteiger partial charge in [-0.1, -0.05) is 24.3 Å². The summed E-state index contributed by atoms with van der Waals surface area (Å²) in [6.45, 7) is 9.56. The van der Waals surface area contributed by atoms with Crippen molar-refractivity contribution in [2.75, 3.05) is 6.54 Å². The Balaban J connectivity index is 1.85. The van der Waals surface area contributed by atoms with Crippen LogP contribution in [0.15, 0.2) is 54.7 Å². The summed E-state index contributed by atoms with van der Waals surface area (Å²) in [6.07, 6.45) is 1.85. The number of aryl methyl sites for hydroxylation is 2. The molecule has 3 aromatic rings. The molecular weight excluding hydrogens is 364 g/mol. The third-order valence-corrected chi connectivity index (χ3v) is 6.04. The Morgan fingerprint density at radius 2 is 1.82 bits per heavy atom. The second kappa shape index (κ2) is 7.40. The number of thiocarbonyl (C=S) groups is 1. The van der Waals surface area contributed by atoms with Crippen LogP contribution in [-0.4, -0.2) is 26.1 Å². The van der Waals surface area contributed by atoms with Gasteiger partial charge in [0.25, 0.3) is 0 Å². The number of likely N-dealkylation sites (N-methyl/N-ethyl adjacent to an activating group) is 1. The maximum atomic E-state index is 5.67. The molecule has 2 aromatic heterocycles. The van der Waals surface area contributed by atoms with Gasteiger partial charge in [-0.15, -0.1) is 0 Å². The Morgan fingerprint density at radius 3 is 2.50 bits per heavy atom. The van der Waals surface area contributed by atoms with Crippen molar-refractivity contribution in [2.45, 2.75) is 39.8 Å². The van der Waals surface area contributed by atoms with Crippen LogP contribution in [0.5, 0.6) is 0 Å². The van der Waals surface area contributed by atoms with Crippen molar-refractivity contribution in [2.24, 2.45) is 0 Å². The van der Waals surface area contributed by atoms with Crippen LogP contribution >= 0.6 is 12.2 Å². The minimum atomic E-state index is 0.0412. The summed E-state index contributed by atoms with van der Waals surface area (Å²) in [6, 6.07) is 17.1. The molecule has 2 atom stereocenters. The number of nitrogens with one attached hydrogen (secondary N) is 1. The standard InChI is InChI=1S/C23H26N4S/c1-5-26-22(21(25-23(26)28)19-11-8-9-13-24-19)18-14-16(3)27(17(18)4)20-12-7-6-10-15(20)2/h6-14,21-22H,5H2,1-4H3,(H,25,28)/t21-,22+/m1/s1. The predicted molar refractivity (Wildman–Crippen MR) is 118 cm³/mol. The van der Waals surface area contributed by atoms with Gasteiger partial charge in [0, 0.05) is 29.8 Å². The number of nitrogens with zero attached hydrogens (tertiary/aromatic N) is 3. The highest BCUT2D eigenvalue weighted by molar-refractivity contribution is 7.80. The molecular formula is C23H26N4S. The van der Waals surface area contributed by atoms with Crippen LogP contribution < -0.4 is 5.32 Å². The fraction of sp³-hybridized carbons (Fsp3) is 0.304. The van der Waals surface area contributed by atoms with Gasteiger partial charge < -0.3 is 14.8 Å². The Kier molecular flexibility index (Phi) is 4.94. The molecule has 5 heteroatoms. The predicted octanol–water partition coefficient (Wildman–Crippen LogP) is 4.79. The molecule has 3 heterocycles. The summed E-state index contributed by atoms with van der Waals surface area (Å²) in [5.41, 5.74) is 7.30. The van der Waals surface area contributed by atoms with E-state index in [9.17, 15) is 0 Å². The Morgan fingerprint density at radius 1 is 1.07 bits per heavy atom. The molecule has 1 aromatic carbocycles. The number of pyridine rings is 1. The third kappa shape index (κ3) is 3.00. The van der Waals surface area contributed by atoms with Crippen LogP contribution in [-0.2, 0) is 0 Å². The Labute approximate surface area is 172 Å². The third-order valence-electron chi connectivity index (χ3n) is 5.68. The van der Waals surface area contributed by atoms with Crippen molar-refractivity contribution in [3.05, 3.63) is 82.9 Å². The molecule has 0 radical (unpaired) electrons. The second-order valence-electron chi connectivity index (χ2n) is 7.36. The highest BCUT2D eigenvalue weighted by Crippen LogP contribution is 2.41. The van der Waals surface area contributed by atoms with Crippen LogP contribution in [0.1, 0.15) is 47.2 Å². The topological polar surface area (TPSA) is 33.1 Å². The van der Waals surface area contributed by atoms with E-state index in [0.717, 1.165) is 17.4 Å². The van der Waals surface area contributed by atoms with Crippen molar-refractivity contribution in [1.82, 2.24) is 19.8 Å². The largest absolute Gasteiger partial charge is 0.352 e. The lowest BCUT2D eigenvalue weighted by atomic mass is 9.97. The number of benzene rings is 1. The lowest BCUT2D eigenvalue weighted by Crippen LogP contribution is -2.29. The molecule has 1 aliphatic heterocycles. The van der Waals surface area contributed by atoms with E-state index in [1.807, 2.05) is 18.3 Å². The minimum absolute atomic E-state index is 0.0412. The molecule has 144 valence electrons. The van der Waals surface area contributed by atoms with Gasteiger partial charge in [-0.05, 0) is 75.3 Å². The van der Waals surface area contributed by atoms with Crippen molar-refractivity contribution in [3.8, 4) is 5.69 Å². The molecule has 0 bridgehead atoms. The molecule has 1 aliphatic rings. The summed E-state index contributed by atoms with van der Waals surface area (Å²) < 4.78 is 2.36. The van der Waals surface area contributed by atoms with E-state index < -0.39 is 0 Å². The summed E-state index contributed by atoms with van der Waals surface area (Å²) in [5, 5.41) is 4.31. The number of para-hydroxylation sites is 1. The molecule has 0 unspecified atom stereocenters. The first-order valence-electron chi connectivity index (χ1n) is 9.75. The minimum Gasteiger partial charge on any atom is -0.352 e. The lowest BCUT2D eigenvalue weighted by Gasteiger charge is -2.27. The van der Waals surface area contributed by atoms with Gasteiger partial charge >= 0.3 is 0 Å². The van der Waals surface area contributed by atoms with Gasteiger partial charge in [0.15, 0.2) is 5.11 Å². The van der Waals surface area contributed by atoms with Crippen molar-refractivity contribution in [3.63, 3.8) is 0 Å². The molecule has 0 saturated carbocycles. The molecule has 0 spiro atoms. The summed E-state index contributed by atoms with van der Waals surface area (Å²) >= 11 is 5.67. The lowest BCUT2D eigenvalue weighted by molar-refractivity contribution is 0.329. The van der Waals surface area contributed by atoms with Gasteiger partial charge in [-0.2, -0.15) is 0 Å². The summed E-state index contributed by atoms with van der Waals surface area (Å²) in [7, 11) is 0. The highest BCUT2D eigenvalue weighted by Gasteiger charge is 2.40. The monoisotopic (exact) mass is 390 g/mol. The number of hydrogen-bond donors (Lipinski definition) is 1. The van der Waals surface area contributed by atoms with Gasteiger partial charge in [-0.25, -0.2) is 0 Å². The van der Waals surface area contributed by atoms with Crippen LogP contribution in [0.3, 0.4) is 0 Å². The van der Waals surface area contributed by atoms with Crippen molar-refractivity contribution < 1.29 is 0 Å². The maximum Gasteiger partial charge on any atom is 0.170 e. The first kappa shape index (κ1) is 18.7. The summed E-state index contributed by atoms with van der Waals surface area (Å²) in [5.74, 6) is 0. The Bertz CT molecular complexity index is 1010. The first-order chi connectivity index (χ1) is 13.5. The first-order valence-corrected chi connectivity index (χ1v) is 10.2. The van der Waals surface area contributed by atoms with Gasteiger partial charge in [-0.3, -0.25) is 4.98 Å². The van der Waals surface area contributed by atoms with Crippen molar-refractivity contribution >= 4 is 17.3 Å². The SMILES string of the molecule is CCN1C(=S)N[C@H](c2ccccn2)[C@@H]1c1cc(C)n(-c2ccccc2C)c1C. The maximum absolute atomic E-state index is 5.67. The van der Waals surface area contributed by atoms with Crippen LogP contribution in [0.2, 0.25) is 0 Å². The zero-order valence-corrected chi connectivity index (χ0v) is 17.6. The molecule has 1 fully saturated rings. The van der Waals surface area contributed by atoms with Gasteiger partial charge in [0.05, 0.1) is 17.8 Å². The molecule has 4 rings (SSSR count). The van der Waals surface area contributed by atoms with E-state index in [4.69, 9.17) is 12.2 Å².